The highest BCUT2D eigenvalue weighted by Crippen LogP contribution is 2.17. The van der Waals surface area contributed by atoms with Gasteiger partial charge in [-0.2, -0.15) is 0 Å². The molecule has 3 aromatic rings. The van der Waals surface area contributed by atoms with Crippen molar-refractivity contribution < 1.29 is 14.0 Å². The first-order valence-corrected chi connectivity index (χ1v) is 8.85. The minimum absolute atomic E-state index is 0.180. The van der Waals surface area contributed by atoms with Gasteiger partial charge in [0, 0.05) is 17.5 Å². The molecule has 0 bridgehead atoms. The fourth-order valence-electron chi connectivity index (χ4n) is 2.56. The Bertz CT molecular complexity index is 933. The standard InChI is InChI=1S/C22H21N3O3/c1-16(23-21(26)14-13-20-8-5-15-28-20)17-9-11-19(12-10-17)25-22(27)24-18-6-3-2-4-7-18/h2-16H,1H3,(H,23,26)(H2,24,25,27). The smallest absolute Gasteiger partial charge is 0.323 e. The summed E-state index contributed by atoms with van der Waals surface area (Å²) in [5, 5.41) is 8.42. The van der Waals surface area contributed by atoms with E-state index in [0.29, 0.717) is 11.4 Å². The first-order valence-electron chi connectivity index (χ1n) is 8.85. The van der Waals surface area contributed by atoms with Crippen molar-refractivity contribution in [2.45, 2.75) is 13.0 Å². The van der Waals surface area contributed by atoms with Gasteiger partial charge in [-0.15, -0.1) is 0 Å². The first kappa shape index (κ1) is 19.0. The van der Waals surface area contributed by atoms with Crippen LogP contribution in [0.15, 0.2) is 83.5 Å². The molecule has 0 fully saturated rings. The molecule has 0 aliphatic rings. The molecule has 28 heavy (non-hydrogen) atoms. The molecule has 0 aliphatic carbocycles. The van der Waals surface area contributed by atoms with Crippen molar-refractivity contribution in [2.24, 2.45) is 0 Å². The molecule has 1 atom stereocenters. The summed E-state index contributed by atoms with van der Waals surface area (Å²) in [5.74, 6) is 0.403. The van der Waals surface area contributed by atoms with Gasteiger partial charge in [-0.1, -0.05) is 30.3 Å². The molecular weight excluding hydrogens is 354 g/mol. The molecule has 0 spiro atoms. The Balaban J connectivity index is 1.51. The van der Waals surface area contributed by atoms with E-state index in [4.69, 9.17) is 4.42 Å². The van der Waals surface area contributed by atoms with Gasteiger partial charge in [0.15, 0.2) is 0 Å². The van der Waals surface area contributed by atoms with Crippen LogP contribution in [0, 0.1) is 0 Å². The van der Waals surface area contributed by atoms with Crippen LogP contribution in [0.1, 0.15) is 24.3 Å². The van der Waals surface area contributed by atoms with Crippen molar-refractivity contribution in [3.63, 3.8) is 0 Å². The lowest BCUT2D eigenvalue weighted by Crippen LogP contribution is -2.24. The highest BCUT2D eigenvalue weighted by Gasteiger charge is 2.08. The molecule has 6 heteroatoms. The number of para-hydroxylation sites is 1. The molecule has 1 unspecified atom stereocenters. The highest BCUT2D eigenvalue weighted by molar-refractivity contribution is 5.99. The van der Waals surface area contributed by atoms with Crippen LogP contribution in [0.3, 0.4) is 0 Å². The Hall–Kier alpha value is -3.80. The number of benzene rings is 2. The average molecular weight is 375 g/mol. The van der Waals surface area contributed by atoms with Gasteiger partial charge in [-0.05, 0) is 55.0 Å². The second-order valence-corrected chi connectivity index (χ2v) is 6.15. The van der Waals surface area contributed by atoms with Gasteiger partial charge in [0.2, 0.25) is 5.91 Å². The van der Waals surface area contributed by atoms with E-state index in [0.717, 1.165) is 11.3 Å². The van der Waals surface area contributed by atoms with Crippen molar-refractivity contribution in [1.82, 2.24) is 5.32 Å². The van der Waals surface area contributed by atoms with Crippen LogP contribution in [0.25, 0.3) is 6.08 Å². The molecule has 0 aliphatic heterocycles. The van der Waals surface area contributed by atoms with E-state index < -0.39 is 0 Å². The molecule has 6 nitrogen and oxygen atoms in total. The monoisotopic (exact) mass is 375 g/mol. The summed E-state index contributed by atoms with van der Waals surface area (Å²) in [4.78, 5) is 24.0. The molecule has 0 saturated carbocycles. The van der Waals surface area contributed by atoms with E-state index in [1.165, 1.54) is 6.08 Å². The Kier molecular flexibility index (Phi) is 6.25. The van der Waals surface area contributed by atoms with Crippen molar-refractivity contribution in [2.75, 3.05) is 10.6 Å². The summed E-state index contributed by atoms with van der Waals surface area (Å²) < 4.78 is 5.15. The van der Waals surface area contributed by atoms with Gasteiger partial charge in [0.25, 0.3) is 0 Å². The number of furan rings is 1. The van der Waals surface area contributed by atoms with Crippen LogP contribution >= 0.6 is 0 Å². The number of hydrogen-bond donors (Lipinski definition) is 3. The molecule has 2 aromatic carbocycles. The largest absolute Gasteiger partial charge is 0.465 e. The van der Waals surface area contributed by atoms with Crippen LogP contribution in [-0.2, 0) is 4.79 Å². The van der Waals surface area contributed by atoms with Crippen molar-refractivity contribution in [3.05, 3.63) is 90.4 Å². The zero-order chi connectivity index (χ0) is 19.8. The molecule has 3 N–H and O–H groups in total. The number of rotatable bonds is 6. The molecule has 1 heterocycles. The van der Waals surface area contributed by atoms with Gasteiger partial charge in [-0.25, -0.2) is 4.79 Å². The van der Waals surface area contributed by atoms with Crippen LogP contribution in [0.2, 0.25) is 0 Å². The van der Waals surface area contributed by atoms with Gasteiger partial charge >= 0.3 is 6.03 Å². The summed E-state index contributed by atoms with van der Waals surface area (Å²) in [5.41, 5.74) is 2.30. The topological polar surface area (TPSA) is 83.4 Å². The van der Waals surface area contributed by atoms with Gasteiger partial charge in [0.05, 0.1) is 12.3 Å². The second-order valence-electron chi connectivity index (χ2n) is 6.15. The molecular formula is C22H21N3O3. The number of carbonyl (C=O) groups is 2. The van der Waals surface area contributed by atoms with Gasteiger partial charge in [0.1, 0.15) is 5.76 Å². The maximum absolute atomic E-state index is 12.0. The SMILES string of the molecule is CC(NC(=O)C=Cc1ccco1)c1ccc(NC(=O)Nc2ccccc2)cc1. The minimum atomic E-state index is -0.316. The fourth-order valence-corrected chi connectivity index (χ4v) is 2.56. The second kappa shape index (κ2) is 9.23. The quantitative estimate of drug-likeness (QED) is 0.541. The maximum atomic E-state index is 12.0. The van der Waals surface area contributed by atoms with Crippen molar-refractivity contribution >= 4 is 29.4 Å². The Morgan fingerprint density at radius 1 is 0.893 bits per heavy atom. The maximum Gasteiger partial charge on any atom is 0.323 e. The summed E-state index contributed by atoms with van der Waals surface area (Å²) in [6.07, 6.45) is 4.59. The molecule has 0 radical (unpaired) electrons. The molecule has 3 amide bonds. The third-order valence-electron chi connectivity index (χ3n) is 4.00. The van der Waals surface area contributed by atoms with E-state index in [1.54, 1.807) is 36.6 Å². The van der Waals surface area contributed by atoms with Gasteiger partial charge in [-0.3, -0.25) is 4.79 Å². The first-order chi connectivity index (χ1) is 13.6. The predicted molar refractivity (Wildman–Crippen MR) is 110 cm³/mol. The van der Waals surface area contributed by atoms with E-state index in [2.05, 4.69) is 16.0 Å². The number of anilines is 2. The lowest BCUT2D eigenvalue weighted by atomic mass is 10.1. The fraction of sp³-hybridized carbons (Fsp3) is 0.0909. The number of hydrogen-bond acceptors (Lipinski definition) is 3. The Morgan fingerprint density at radius 2 is 1.57 bits per heavy atom. The zero-order valence-electron chi connectivity index (χ0n) is 15.4. The van der Waals surface area contributed by atoms with Crippen molar-refractivity contribution in [1.29, 1.82) is 0 Å². The van der Waals surface area contributed by atoms with Gasteiger partial charge < -0.3 is 20.4 Å². The third kappa shape index (κ3) is 5.60. The lowest BCUT2D eigenvalue weighted by Gasteiger charge is -2.14. The summed E-state index contributed by atoms with van der Waals surface area (Å²) in [6.45, 7) is 1.89. The van der Waals surface area contributed by atoms with E-state index >= 15 is 0 Å². The van der Waals surface area contributed by atoms with Crippen LogP contribution in [-0.4, -0.2) is 11.9 Å². The Morgan fingerprint density at radius 3 is 2.21 bits per heavy atom. The zero-order valence-corrected chi connectivity index (χ0v) is 15.4. The van der Waals surface area contributed by atoms with Crippen LogP contribution < -0.4 is 16.0 Å². The highest BCUT2D eigenvalue weighted by atomic mass is 16.3. The van der Waals surface area contributed by atoms with E-state index in [-0.39, 0.29) is 18.0 Å². The minimum Gasteiger partial charge on any atom is -0.465 e. The van der Waals surface area contributed by atoms with Crippen molar-refractivity contribution in [3.8, 4) is 0 Å². The summed E-state index contributed by atoms with van der Waals surface area (Å²) in [6, 6.07) is 19.6. The number of carbonyl (C=O) groups excluding carboxylic acids is 2. The average Bonchev–Trinajstić information content (AvgIpc) is 3.21. The molecule has 0 saturated heterocycles. The van der Waals surface area contributed by atoms with Crippen LogP contribution in [0.5, 0.6) is 0 Å². The van der Waals surface area contributed by atoms with E-state index in [1.807, 2.05) is 49.4 Å². The third-order valence-corrected chi connectivity index (χ3v) is 4.00. The lowest BCUT2D eigenvalue weighted by molar-refractivity contribution is -0.117. The Labute approximate surface area is 163 Å². The number of amides is 3. The molecule has 142 valence electrons. The number of urea groups is 1. The van der Waals surface area contributed by atoms with Crippen LogP contribution in [0.4, 0.5) is 16.2 Å². The molecule has 1 aromatic heterocycles. The van der Waals surface area contributed by atoms with E-state index in [9.17, 15) is 9.59 Å². The summed E-state index contributed by atoms with van der Waals surface area (Å²) >= 11 is 0. The molecule has 3 rings (SSSR count). The number of nitrogens with one attached hydrogen (secondary N) is 3. The normalized spacial score (nSPS) is 11.8. The predicted octanol–water partition coefficient (Wildman–Crippen LogP) is 4.81. The summed E-state index contributed by atoms with van der Waals surface area (Å²) in [7, 11) is 0.